The monoisotopic (exact) mass is 640 g/mol. The number of aromatic hydroxyl groups is 2. The van der Waals surface area contributed by atoms with E-state index in [0.717, 1.165) is 23.3 Å². The fraction of sp³-hybridized carbons (Fsp3) is 0.306. The third kappa shape index (κ3) is 4.59. The van der Waals surface area contributed by atoms with Gasteiger partial charge in [0.15, 0.2) is 5.60 Å². The van der Waals surface area contributed by atoms with Gasteiger partial charge in [0.2, 0.25) is 11.8 Å². The molecule has 0 saturated heterocycles. The van der Waals surface area contributed by atoms with Crippen LogP contribution in [0.25, 0.3) is 5.69 Å². The number of carbonyl (C=O) groups excluding carboxylic acids is 2. The zero-order chi connectivity index (χ0) is 33.8. The molecule has 11 heteroatoms. The van der Waals surface area contributed by atoms with Crippen LogP contribution in [0.4, 0.5) is 5.69 Å². The maximum Gasteiger partial charge on any atom is 0.340 e. The van der Waals surface area contributed by atoms with Crippen molar-refractivity contribution in [3.63, 3.8) is 0 Å². The third-order valence-corrected chi connectivity index (χ3v) is 9.21. The van der Waals surface area contributed by atoms with E-state index >= 15 is 0 Å². The molecule has 2 aliphatic rings. The number of carboxylic acids is 1. The van der Waals surface area contributed by atoms with E-state index < -0.39 is 47.1 Å². The van der Waals surface area contributed by atoms with Crippen LogP contribution in [-0.2, 0) is 24.7 Å². The molecule has 3 N–H and O–H groups in total. The van der Waals surface area contributed by atoms with Crippen molar-refractivity contribution >= 4 is 23.6 Å². The lowest BCUT2D eigenvalue weighted by Crippen LogP contribution is -2.34. The summed E-state index contributed by atoms with van der Waals surface area (Å²) in [6.45, 7) is 10.0. The number of benzene rings is 3. The Morgan fingerprint density at radius 2 is 1.68 bits per heavy atom. The van der Waals surface area contributed by atoms with E-state index in [1.165, 1.54) is 13.8 Å². The number of esters is 2. The quantitative estimate of drug-likeness (QED) is 0.187. The summed E-state index contributed by atoms with van der Waals surface area (Å²) in [5, 5.41) is 33.3. The highest BCUT2D eigenvalue weighted by molar-refractivity contribution is 5.97. The van der Waals surface area contributed by atoms with E-state index in [1.807, 2.05) is 18.2 Å². The fourth-order valence-electron chi connectivity index (χ4n) is 6.90. The molecule has 11 nitrogen and oxygen atoms in total. The molecular weight excluding hydrogens is 604 g/mol. The largest absolute Gasteiger partial charge is 0.494 e. The predicted molar refractivity (Wildman–Crippen MR) is 172 cm³/mol. The van der Waals surface area contributed by atoms with Gasteiger partial charge in [0.25, 0.3) is 0 Å². The smallest absolute Gasteiger partial charge is 0.340 e. The maximum atomic E-state index is 13.5. The number of ether oxygens (including phenoxy) is 3. The number of carbonyl (C=O) groups is 3. The first-order valence-electron chi connectivity index (χ1n) is 15.6. The Labute approximate surface area is 271 Å². The highest BCUT2D eigenvalue weighted by atomic mass is 16.6. The van der Waals surface area contributed by atoms with Gasteiger partial charge in [-0.05, 0) is 58.0 Å². The number of carboxylic acid groups (broad SMARTS) is 1. The summed E-state index contributed by atoms with van der Waals surface area (Å²) < 4.78 is 19.2. The number of aromatic nitrogens is 1. The van der Waals surface area contributed by atoms with E-state index in [1.54, 1.807) is 49.4 Å². The van der Waals surface area contributed by atoms with Crippen molar-refractivity contribution in [1.29, 1.82) is 0 Å². The molecule has 0 amide bonds. The molecule has 244 valence electrons. The second-order valence-electron chi connectivity index (χ2n) is 11.6. The average Bonchev–Trinajstić information content (AvgIpc) is 3.46. The minimum absolute atomic E-state index is 0.0135. The topological polar surface area (TPSA) is 148 Å². The van der Waals surface area contributed by atoms with E-state index in [4.69, 9.17) is 14.2 Å². The molecule has 1 spiro atoms. The van der Waals surface area contributed by atoms with E-state index in [-0.39, 0.29) is 23.4 Å². The number of fused-ring (bicyclic) bond motifs is 6. The lowest BCUT2D eigenvalue weighted by molar-refractivity contribution is -0.153. The summed E-state index contributed by atoms with van der Waals surface area (Å²) in [6.07, 6.45) is 0. The standard InChI is InChI=1S/C36H36N2O9/c1-6-37(7-2)21-16-17-24-27(18-21)46-26-15-11-14-25(30(26)36(24)23-13-10-9-12-22(23)34(43)47-36)38-31(39)19(4)28(32(38)40)29(20(5)33(41)42)35(44)45-8-3/h9-18,20,29,39-40H,6-8H2,1-5H3,(H,41,42). The number of rotatable bonds is 9. The lowest BCUT2D eigenvalue weighted by Gasteiger charge is -2.38. The molecule has 0 bridgehead atoms. The highest BCUT2D eigenvalue weighted by Gasteiger charge is 2.55. The summed E-state index contributed by atoms with van der Waals surface area (Å²) in [5.74, 6) is -5.65. The molecule has 0 radical (unpaired) electrons. The van der Waals surface area contributed by atoms with Crippen LogP contribution in [0.3, 0.4) is 0 Å². The zero-order valence-electron chi connectivity index (χ0n) is 26.7. The van der Waals surface area contributed by atoms with Gasteiger partial charge < -0.3 is 34.4 Å². The van der Waals surface area contributed by atoms with Crippen molar-refractivity contribution in [2.45, 2.75) is 46.1 Å². The van der Waals surface area contributed by atoms with Crippen molar-refractivity contribution in [2.75, 3.05) is 24.6 Å². The lowest BCUT2D eigenvalue weighted by atomic mass is 9.76. The van der Waals surface area contributed by atoms with Crippen molar-refractivity contribution < 1.29 is 43.9 Å². The minimum Gasteiger partial charge on any atom is -0.494 e. The Morgan fingerprint density at radius 1 is 0.957 bits per heavy atom. The molecule has 3 atom stereocenters. The normalized spacial score (nSPS) is 17.2. The second-order valence-corrected chi connectivity index (χ2v) is 11.6. The van der Waals surface area contributed by atoms with Crippen LogP contribution in [0.5, 0.6) is 23.3 Å². The first kappa shape index (κ1) is 31.5. The molecule has 47 heavy (non-hydrogen) atoms. The highest BCUT2D eigenvalue weighted by Crippen LogP contribution is 2.59. The Morgan fingerprint density at radius 3 is 2.36 bits per heavy atom. The molecule has 3 unspecified atom stereocenters. The van der Waals surface area contributed by atoms with Crippen molar-refractivity contribution in [3.8, 4) is 28.9 Å². The van der Waals surface area contributed by atoms with Crippen LogP contribution in [0.1, 0.15) is 71.8 Å². The van der Waals surface area contributed by atoms with Gasteiger partial charge in [-0.3, -0.25) is 14.2 Å². The number of anilines is 1. The minimum atomic E-state index is -1.55. The van der Waals surface area contributed by atoms with E-state index in [0.29, 0.717) is 33.8 Å². The van der Waals surface area contributed by atoms with Gasteiger partial charge in [-0.15, -0.1) is 0 Å². The van der Waals surface area contributed by atoms with Crippen LogP contribution < -0.4 is 9.64 Å². The maximum absolute atomic E-state index is 13.5. The molecule has 1 aromatic heterocycles. The van der Waals surface area contributed by atoms with Gasteiger partial charge in [-0.2, -0.15) is 0 Å². The molecule has 2 aliphatic heterocycles. The Balaban J connectivity index is 1.65. The molecular formula is C36H36N2O9. The predicted octanol–water partition coefficient (Wildman–Crippen LogP) is 5.98. The summed E-state index contributed by atoms with van der Waals surface area (Å²) in [4.78, 5) is 41.0. The summed E-state index contributed by atoms with van der Waals surface area (Å²) in [5.41, 5.74) is 1.32. The van der Waals surface area contributed by atoms with Gasteiger partial charge in [-0.25, -0.2) is 4.79 Å². The Hall–Kier alpha value is -5.45. The van der Waals surface area contributed by atoms with E-state index in [2.05, 4.69) is 18.7 Å². The zero-order valence-corrected chi connectivity index (χ0v) is 26.7. The van der Waals surface area contributed by atoms with Gasteiger partial charge in [0, 0.05) is 47.1 Å². The molecule has 0 fully saturated rings. The number of hydrogen-bond acceptors (Lipinski definition) is 9. The van der Waals surface area contributed by atoms with Crippen LogP contribution in [-0.4, -0.2) is 57.5 Å². The second kappa shape index (κ2) is 11.7. The number of hydrogen-bond donors (Lipinski definition) is 3. The summed E-state index contributed by atoms with van der Waals surface area (Å²) in [6, 6.07) is 17.7. The Kier molecular flexibility index (Phi) is 7.87. The van der Waals surface area contributed by atoms with Gasteiger partial charge in [0.05, 0.1) is 29.3 Å². The molecule has 0 saturated carbocycles. The Bertz CT molecular complexity index is 1930. The average molecular weight is 641 g/mol. The molecule has 4 aromatic rings. The SMILES string of the molecule is CCOC(=O)C(c1c(C)c(O)n(-c2cccc3c2C2(OC(=O)c4ccccc42)c2ccc(N(CC)CC)cc2O3)c1O)C(C)C(=O)O. The van der Waals surface area contributed by atoms with Crippen molar-refractivity contribution in [2.24, 2.45) is 5.92 Å². The van der Waals surface area contributed by atoms with Gasteiger partial charge in [-0.1, -0.05) is 31.2 Å². The number of nitrogens with zero attached hydrogens (tertiary/aromatic N) is 2. The van der Waals surface area contributed by atoms with Crippen LogP contribution in [0.15, 0.2) is 60.7 Å². The molecule has 3 aromatic carbocycles. The van der Waals surface area contributed by atoms with Gasteiger partial charge in [0.1, 0.15) is 17.4 Å². The fourth-order valence-corrected chi connectivity index (χ4v) is 6.90. The third-order valence-electron chi connectivity index (χ3n) is 9.21. The summed E-state index contributed by atoms with van der Waals surface area (Å²) in [7, 11) is 0. The van der Waals surface area contributed by atoms with Crippen LogP contribution >= 0.6 is 0 Å². The van der Waals surface area contributed by atoms with Gasteiger partial charge >= 0.3 is 17.9 Å². The van der Waals surface area contributed by atoms with Crippen molar-refractivity contribution in [3.05, 3.63) is 94.0 Å². The molecule has 0 aliphatic carbocycles. The van der Waals surface area contributed by atoms with Crippen LogP contribution in [0.2, 0.25) is 0 Å². The summed E-state index contributed by atoms with van der Waals surface area (Å²) >= 11 is 0. The molecule has 3 heterocycles. The molecule has 6 rings (SSSR count). The first-order valence-corrected chi connectivity index (χ1v) is 15.6. The van der Waals surface area contributed by atoms with Crippen LogP contribution in [0, 0.1) is 12.8 Å². The van der Waals surface area contributed by atoms with Crippen molar-refractivity contribution in [1.82, 2.24) is 4.57 Å². The first-order chi connectivity index (χ1) is 22.5. The number of aliphatic carboxylic acids is 1. The van der Waals surface area contributed by atoms with E-state index in [9.17, 15) is 29.7 Å².